The predicted molar refractivity (Wildman–Crippen MR) is 108 cm³/mol. The normalized spacial score (nSPS) is 9.89. The third-order valence-electron chi connectivity index (χ3n) is 3.31. The third-order valence-corrected chi connectivity index (χ3v) is 4.43. The summed E-state index contributed by atoms with van der Waals surface area (Å²) in [5.74, 6) is -0.361. The number of nitrogens with one attached hydrogen (secondary N) is 1. The second-order valence-corrected chi connectivity index (χ2v) is 6.53. The quantitative estimate of drug-likeness (QED) is 0.498. The summed E-state index contributed by atoms with van der Waals surface area (Å²) in [5, 5.41) is 3.33. The summed E-state index contributed by atoms with van der Waals surface area (Å²) < 4.78 is 4.54. The van der Waals surface area contributed by atoms with E-state index < -0.39 is 0 Å². The highest BCUT2D eigenvalue weighted by Gasteiger charge is 2.15. The fraction of sp³-hybridized carbons (Fsp3) is 0.158. The maximum absolute atomic E-state index is 12.2. The van der Waals surface area contributed by atoms with Crippen LogP contribution in [0.2, 0.25) is 5.15 Å². The van der Waals surface area contributed by atoms with Crippen LogP contribution in [0.3, 0.4) is 0 Å². The van der Waals surface area contributed by atoms with E-state index in [0.717, 1.165) is 29.8 Å². The van der Waals surface area contributed by atoms with Crippen molar-refractivity contribution in [2.75, 3.05) is 19.0 Å². The molecule has 0 radical (unpaired) electrons. The molecule has 0 spiro atoms. The van der Waals surface area contributed by atoms with Crippen LogP contribution in [0.25, 0.3) is 11.3 Å². The lowest BCUT2D eigenvalue weighted by atomic mass is 10.1. The molecule has 0 saturated carbocycles. The Morgan fingerprint density at radius 1 is 1.26 bits per heavy atom. The van der Waals surface area contributed by atoms with Crippen LogP contribution >= 0.6 is 22.9 Å². The molecule has 2 heterocycles. The van der Waals surface area contributed by atoms with Crippen molar-refractivity contribution in [3.63, 3.8) is 0 Å². The maximum Gasteiger partial charge on any atom is 0.259 e. The molecule has 0 saturated heterocycles. The Morgan fingerprint density at radius 2 is 1.96 bits per heavy atom. The average molecular weight is 404 g/mol. The number of benzene rings is 1. The molecule has 0 aliphatic heterocycles. The number of hydrogen-bond acceptors (Lipinski definition) is 6. The standard InChI is InChI=1S/C16H10ClN3O2S.C3H8O/c17-13-7-6-11(8-18-13)15(22)20-16-19-14(12(9-21)23-16)10-4-2-1-3-5-10;1-3-4-2/h1-9H,(H,19,20,22);3H2,1-2H3. The van der Waals surface area contributed by atoms with Gasteiger partial charge in [-0.15, -0.1) is 0 Å². The molecule has 8 heteroatoms. The number of aromatic nitrogens is 2. The van der Waals surface area contributed by atoms with E-state index in [-0.39, 0.29) is 5.91 Å². The molecule has 3 aromatic rings. The topological polar surface area (TPSA) is 81.2 Å². The van der Waals surface area contributed by atoms with Crippen molar-refractivity contribution in [3.8, 4) is 11.3 Å². The van der Waals surface area contributed by atoms with E-state index in [1.807, 2.05) is 37.3 Å². The Labute approximate surface area is 166 Å². The molecule has 1 N–H and O–H groups in total. The zero-order chi connectivity index (χ0) is 19.6. The van der Waals surface area contributed by atoms with Crippen LogP contribution < -0.4 is 5.32 Å². The van der Waals surface area contributed by atoms with Crippen molar-refractivity contribution in [1.29, 1.82) is 0 Å². The molecule has 1 amide bonds. The lowest BCUT2D eigenvalue weighted by Crippen LogP contribution is -2.11. The first-order valence-electron chi connectivity index (χ1n) is 8.02. The molecule has 0 aliphatic rings. The van der Waals surface area contributed by atoms with Crippen LogP contribution in [-0.2, 0) is 4.74 Å². The van der Waals surface area contributed by atoms with Crippen molar-refractivity contribution < 1.29 is 14.3 Å². The number of nitrogens with zero attached hydrogens (tertiary/aromatic N) is 2. The van der Waals surface area contributed by atoms with Gasteiger partial charge >= 0.3 is 0 Å². The highest BCUT2D eigenvalue weighted by Crippen LogP contribution is 2.30. The number of anilines is 1. The van der Waals surface area contributed by atoms with E-state index in [4.69, 9.17) is 11.6 Å². The number of carbonyl (C=O) groups is 2. The Kier molecular flexibility index (Phi) is 8.06. The molecule has 27 heavy (non-hydrogen) atoms. The molecule has 0 atom stereocenters. The first-order valence-corrected chi connectivity index (χ1v) is 9.21. The van der Waals surface area contributed by atoms with E-state index in [0.29, 0.717) is 26.4 Å². The summed E-state index contributed by atoms with van der Waals surface area (Å²) in [5.41, 5.74) is 1.73. The SMILES string of the molecule is CCOC.O=Cc1sc(NC(=O)c2ccc(Cl)nc2)nc1-c1ccccc1. The van der Waals surface area contributed by atoms with Gasteiger partial charge in [-0.25, -0.2) is 9.97 Å². The van der Waals surface area contributed by atoms with Crippen molar-refractivity contribution in [2.45, 2.75) is 6.92 Å². The number of ether oxygens (including phenoxy) is 1. The summed E-state index contributed by atoms with van der Waals surface area (Å²) in [6, 6.07) is 12.4. The number of methoxy groups -OCH3 is 1. The first kappa shape index (κ1) is 20.7. The van der Waals surface area contributed by atoms with Crippen LogP contribution in [-0.4, -0.2) is 35.9 Å². The van der Waals surface area contributed by atoms with Gasteiger partial charge in [0.15, 0.2) is 11.4 Å². The molecule has 1 aromatic carbocycles. The second-order valence-electron chi connectivity index (χ2n) is 5.12. The molecule has 0 unspecified atom stereocenters. The van der Waals surface area contributed by atoms with E-state index in [1.165, 1.54) is 12.3 Å². The summed E-state index contributed by atoms with van der Waals surface area (Å²) in [6.45, 7) is 2.78. The number of thiazole rings is 1. The van der Waals surface area contributed by atoms with Crippen LogP contribution in [0.15, 0.2) is 48.7 Å². The smallest absolute Gasteiger partial charge is 0.259 e. The van der Waals surface area contributed by atoms with Crippen LogP contribution in [0.5, 0.6) is 0 Å². The maximum atomic E-state index is 12.2. The van der Waals surface area contributed by atoms with Gasteiger partial charge in [0.2, 0.25) is 0 Å². The van der Waals surface area contributed by atoms with Crippen LogP contribution in [0.4, 0.5) is 5.13 Å². The van der Waals surface area contributed by atoms with Gasteiger partial charge in [0.25, 0.3) is 5.91 Å². The van der Waals surface area contributed by atoms with E-state index in [1.54, 1.807) is 13.2 Å². The van der Waals surface area contributed by atoms with Crippen molar-refractivity contribution in [2.24, 2.45) is 0 Å². The van der Waals surface area contributed by atoms with Gasteiger partial charge in [-0.1, -0.05) is 53.3 Å². The van der Waals surface area contributed by atoms with Gasteiger partial charge in [-0.05, 0) is 19.1 Å². The van der Waals surface area contributed by atoms with Gasteiger partial charge in [0.05, 0.1) is 16.1 Å². The van der Waals surface area contributed by atoms with Gasteiger partial charge in [-0.3, -0.25) is 14.9 Å². The molecule has 0 fully saturated rings. The van der Waals surface area contributed by atoms with Crippen molar-refractivity contribution >= 4 is 40.3 Å². The second kappa shape index (κ2) is 10.5. The molecule has 0 aliphatic carbocycles. The minimum atomic E-state index is -0.361. The number of halogens is 1. The minimum absolute atomic E-state index is 0.311. The van der Waals surface area contributed by atoms with Crippen LogP contribution in [0.1, 0.15) is 27.0 Å². The summed E-state index contributed by atoms with van der Waals surface area (Å²) in [6.07, 6.45) is 2.11. The van der Waals surface area contributed by atoms with Gasteiger partial charge < -0.3 is 4.74 Å². The van der Waals surface area contributed by atoms with Gasteiger partial charge in [0, 0.05) is 25.5 Å². The molecule has 6 nitrogen and oxygen atoms in total. The lowest BCUT2D eigenvalue weighted by molar-refractivity contribution is 0.102. The molecule has 140 valence electrons. The Balaban J connectivity index is 0.000000596. The number of carbonyl (C=O) groups excluding carboxylic acids is 2. The Morgan fingerprint density at radius 3 is 2.52 bits per heavy atom. The monoisotopic (exact) mass is 403 g/mol. The fourth-order valence-corrected chi connectivity index (χ4v) is 2.86. The fourth-order valence-electron chi connectivity index (χ4n) is 1.95. The molecule has 0 bridgehead atoms. The van der Waals surface area contributed by atoms with E-state index in [2.05, 4.69) is 20.0 Å². The number of rotatable bonds is 5. The number of aldehydes is 1. The highest BCUT2D eigenvalue weighted by atomic mass is 35.5. The lowest BCUT2D eigenvalue weighted by Gasteiger charge is -2.01. The Bertz CT molecular complexity index is 881. The van der Waals surface area contributed by atoms with E-state index in [9.17, 15) is 9.59 Å². The molecule has 2 aromatic heterocycles. The highest BCUT2D eigenvalue weighted by molar-refractivity contribution is 7.17. The largest absolute Gasteiger partial charge is 0.385 e. The van der Waals surface area contributed by atoms with Gasteiger partial charge in [-0.2, -0.15) is 0 Å². The number of pyridine rings is 1. The molecular weight excluding hydrogens is 386 g/mol. The third kappa shape index (κ3) is 5.96. The zero-order valence-corrected chi connectivity index (χ0v) is 16.4. The van der Waals surface area contributed by atoms with Crippen molar-refractivity contribution in [1.82, 2.24) is 9.97 Å². The molecule has 3 rings (SSSR count). The van der Waals surface area contributed by atoms with Crippen molar-refractivity contribution in [3.05, 3.63) is 64.3 Å². The average Bonchev–Trinajstić information content (AvgIpc) is 3.12. The Hall–Kier alpha value is -2.61. The zero-order valence-electron chi connectivity index (χ0n) is 14.8. The summed E-state index contributed by atoms with van der Waals surface area (Å²) in [7, 11) is 1.68. The van der Waals surface area contributed by atoms with Crippen LogP contribution in [0, 0.1) is 0 Å². The van der Waals surface area contributed by atoms with Gasteiger partial charge in [0.1, 0.15) is 5.15 Å². The predicted octanol–water partition coefficient (Wildman–Crippen LogP) is 4.58. The summed E-state index contributed by atoms with van der Waals surface area (Å²) >= 11 is 6.82. The first-order chi connectivity index (χ1) is 13.1. The summed E-state index contributed by atoms with van der Waals surface area (Å²) in [4.78, 5) is 32.1. The molecular formula is C19H18ClN3O3S. The number of hydrogen-bond donors (Lipinski definition) is 1. The number of amides is 1. The van der Waals surface area contributed by atoms with E-state index >= 15 is 0 Å². The minimum Gasteiger partial charge on any atom is -0.385 e.